The Kier molecular flexibility index (Phi) is 5.06. The Hall–Kier alpha value is -2.77. The molecule has 1 aliphatic rings. The summed E-state index contributed by atoms with van der Waals surface area (Å²) in [7, 11) is 1.37. The maximum atomic E-state index is 13.8. The van der Waals surface area contributed by atoms with Gasteiger partial charge in [0, 0.05) is 12.1 Å². The van der Waals surface area contributed by atoms with Crippen molar-refractivity contribution in [2.75, 3.05) is 20.2 Å². The van der Waals surface area contributed by atoms with E-state index in [1.807, 2.05) is 0 Å². The largest absolute Gasteiger partial charge is 0.494 e. The van der Waals surface area contributed by atoms with Gasteiger partial charge in [0.25, 0.3) is 5.91 Å². The molecule has 1 amide bonds. The van der Waals surface area contributed by atoms with Gasteiger partial charge in [0.2, 0.25) is 0 Å². The number of carbonyl (C=O) groups is 1. The maximum absolute atomic E-state index is 13.8. The predicted octanol–water partition coefficient (Wildman–Crippen LogP) is 2.45. The van der Waals surface area contributed by atoms with Crippen molar-refractivity contribution < 1.29 is 23.0 Å². The number of hydrogen-bond donors (Lipinski definition) is 0. The number of halogens is 2. The first kappa shape index (κ1) is 17.1. The molecule has 1 aromatic heterocycles. The molecule has 25 heavy (non-hydrogen) atoms. The van der Waals surface area contributed by atoms with Crippen molar-refractivity contribution in [1.29, 1.82) is 0 Å². The number of benzene rings is 1. The number of rotatable bonds is 4. The molecule has 1 saturated heterocycles. The molecule has 8 heteroatoms. The minimum atomic E-state index is -0.585. The molecule has 132 valence electrons. The van der Waals surface area contributed by atoms with E-state index in [2.05, 4.69) is 9.97 Å². The summed E-state index contributed by atoms with van der Waals surface area (Å²) in [6, 6.07) is 4.18. The Bertz CT molecular complexity index is 755. The van der Waals surface area contributed by atoms with Gasteiger partial charge in [-0.1, -0.05) is 0 Å². The number of hydrogen-bond acceptors (Lipinski definition) is 5. The van der Waals surface area contributed by atoms with Gasteiger partial charge in [-0.15, -0.1) is 0 Å². The SMILES string of the molecule is COc1ccc(C(=O)N2CCC[C@@H](Oc3ncc(F)cn3)C2)cc1F. The Morgan fingerprint density at radius 2 is 2.04 bits per heavy atom. The van der Waals surface area contributed by atoms with Crippen LogP contribution in [0.3, 0.4) is 0 Å². The standard InChI is InChI=1S/C17H17F2N3O3/c1-24-15-5-4-11(7-14(15)19)16(23)22-6-2-3-13(10-22)25-17-20-8-12(18)9-21-17/h4-5,7-9,13H,2-3,6,10H2,1H3/t13-/m1/s1. The van der Waals surface area contributed by atoms with Gasteiger partial charge >= 0.3 is 6.01 Å². The quantitative estimate of drug-likeness (QED) is 0.848. The van der Waals surface area contributed by atoms with Crippen molar-refractivity contribution in [3.8, 4) is 11.8 Å². The minimum absolute atomic E-state index is 0.0659. The second kappa shape index (κ2) is 7.42. The number of likely N-dealkylation sites (tertiary alicyclic amines) is 1. The van der Waals surface area contributed by atoms with E-state index >= 15 is 0 Å². The third-order valence-corrected chi connectivity index (χ3v) is 3.93. The molecule has 0 unspecified atom stereocenters. The average Bonchev–Trinajstić information content (AvgIpc) is 2.63. The molecule has 2 aromatic rings. The van der Waals surface area contributed by atoms with Gasteiger partial charge in [-0.25, -0.2) is 18.7 Å². The summed E-state index contributed by atoms with van der Waals surface area (Å²) in [5, 5.41) is 0. The van der Waals surface area contributed by atoms with E-state index in [9.17, 15) is 13.6 Å². The summed E-state index contributed by atoms with van der Waals surface area (Å²) < 4.78 is 37.1. The lowest BCUT2D eigenvalue weighted by Gasteiger charge is -2.32. The smallest absolute Gasteiger partial charge is 0.316 e. The number of methoxy groups -OCH3 is 1. The molecule has 0 bridgehead atoms. The number of amides is 1. The topological polar surface area (TPSA) is 64.5 Å². The van der Waals surface area contributed by atoms with Crippen LogP contribution in [0.25, 0.3) is 0 Å². The van der Waals surface area contributed by atoms with Crippen LogP contribution in [0.15, 0.2) is 30.6 Å². The fourth-order valence-corrected chi connectivity index (χ4v) is 2.71. The van der Waals surface area contributed by atoms with Crippen LogP contribution < -0.4 is 9.47 Å². The van der Waals surface area contributed by atoms with E-state index in [1.54, 1.807) is 4.90 Å². The Balaban J connectivity index is 1.67. The van der Waals surface area contributed by atoms with Gasteiger partial charge in [-0.2, -0.15) is 0 Å². The first-order valence-corrected chi connectivity index (χ1v) is 7.84. The number of carbonyl (C=O) groups excluding carboxylic acids is 1. The highest BCUT2D eigenvalue weighted by atomic mass is 19.1. The Morgan fingerprint density at radius 1 is 1.28 bits per heavy atom. The summed E-state index contributed by atoms with van der Waals surface area (Å²) in [6.07, 6.45) is 3.20. The molecule has 0 N–H and O–H groups in total. The molecule has 0 radical (unpaired) electrons. The van der Waals surface area contributed by atoms with E-state index in [0.717, 1.165) is 31.3 Å². The number of ether oxygens (including phenoxy) is 2. The van der Waals surface area contributed by atoms with E-state index in [0.29, 0.717) is 13.1 Å². The normalized spacial score (nSPS) is 17.2. The van der Waals surface area contributed by atoms with Crippen molar-refractivity contribution in [2.24, 2.45) is 0 Å². The summed E-state index contributed by atoms with van der Waals surface area (Å²) >= 11 is 0. The van der Waals surface area contributed by atoms with E-state index < -0.39 is 11.6 Å². The minimum Gasteiger partial charge on any atom is -0.494 e. The highest BCUT2D eigenvalue weighted by molar-refractivity contribution is 5.94. The molecule has 0 saturated carbocycles. The van der Waals surface area contributed by atoms with Crippen molar-refractivity contribution in [1.82, 2.24) is 14.9 Å². The monoisotopic (exact) mass is 349 g/mol. The third-order valence-electron chi connectivity index (χ3n) is 3.93. The summed E-state index contributed by atoms with van der Waals surface area (Å²) in [6.45, 7) is 0.879. The number of piperidine rings is 1. The third kappa shape index (κ3) is 4.01. The van der Waals surface area contributed by atoms with Gasteiger partial charge in [-0.05, 0) is 31.0 Å². The number of aromatic nitrogens is 2. The zero-order chi connectivity index (χ0) is 17.8. The molecule has 0 aliphatic carbocycles. The van der Waals surface area contributed by atoms with Gasteiger partial charge in [-0.3, -0.25) is 4.79 Å². The van der Waals surface area contributed by atoms with Crippen LogP contribution in [0.1, 0.15) is 23.2 Å². The second-order valence-corrected chi connectivity index (χ2v) is 5.67. The van der Waals surface area contributed by atoms with Crippen LogP contribution >= 0.6 is 0 Å². The van der Waals surface area contributed by atoms with Crippen LogP contribution in [0.5, 0.6) is 11.8 Å². The van der Waals surface area contributed by atoms with Crippen molar-refractivity contribution in [2.45, 2.75) is 18.9 Å². The molecule has 1 aromatic carbocycles. The zero-order valence-corrected chi connectivity index (χ0v) is 13.6. The van der Waals surface area contributed by atoms with Gasteiger partial charge in [0.1, 0.15) is 6.10 Å². The summed E-state index contributed by atoms with van der Waals surface area (Å²) in [5.41, 5.74) is 0.247. The van der Waals surface area contributed by atoms with Crippen molar-refractivity contribution in [3.05, 3.63) is 47.8 Å². The van der Waals surface area contributed by atoms with E-state index in [1.165, 1.54) is 19.2 Å². The first-order valence-electron chi connectivity index (χ1n) is 7.84. The molecule has 1 aliphatic heterocycles. The van der Waals surface area contributed by atoms with Crippen molar-refractivity contribution in [3.63, 3.8) is 0 Å². The Morgan fingerprint density at radius 3 is 2.72 bits per heavy atom. The fraction of sp³-hybridized carbons (Fsp3) is 0.353. The van der Waals surface area contributed by atoms with Gasteiger partial charge < -0.3 is 14.4 Å². The molecule has 1 fully saturated rings. The Labute approximate surface area is 143 Å². The zero-order valence-electron chi connectivity index (χ0n) is 13.6. The molecular weight excluding hydrogens is 332 g/mol. The van der Waals surface area contributed by atoms with Crippen LogP contribution in [0.2, 0.25) is 0 Å². The number of nitrogens with zero attached hydrogens (tertiary/aromatic N) is 3. The molecule has 0 spiro atoms. The average molecular weight is 349 g/mol. The summed E-state index contributed by atoms with van der Waals surface area (Å²) in [5.74, 6) is -1.33. The molecule has 3 rings (SSSR count). The van der Waals surface area contributed by atoms with Gasteiger partial charge in [0.05, 0.1) is 26.0 Å². The van der Waals surface area contributed by atoms with Crippen LogP contribution in [-0.2, 0) is 0 Å². The summed E-state index contributed by atoms with van der Waals surface area (Å²) in [4.78, 5) is 21.7. The van der Waals surface area contributed by atoms with Crippen LogP contribution in [0.4, 0.5) is 8.78 Å². The van der Waals surface area contributed by atoms with Gasteiger partial charge in [0.15, 0.2) is 17.4 Å². The molecule has 1 atom stereocenters. The molecule has 2 heterocycles. The fourth-order valence-electron chi connectivity index (χ4n) is 2.71. The van der Waals surface area contributed by atoms with E-state index in [-0.39, 0.29) is 29.3 Å². The highest BCUT2D eigenvalue weighted by Gasteiger charge is 2.26. The second-order valence-electron chi connectivity index (χ2n) is 5.67. The predicted molar refractivity (Wildman–Crippen MR) is 84.5 cm³/mol. The molecule has 6 nitrogen and oxygen atoms in total. The van der Waals surface area contributed by atoms with Crippen LogP contribution in [-0.4, -0.2) is 47.1 Å². The van der Waals surface area contributed by atoms with E-state index in [4.69, 9.17) is 9.47 Å². The maximum Gasteiger partial charge on any atom is 0.316 e. The lowest BCUT2D eigenvalue weighted by Crippen LogP contribution is -2.44. The highest BCUT2D eigenvalue weighted by Crippen LogP contribution is 2.21. The lowest BCUT2D eigenvalue weighted by atomic mass is 10.1. The first-order chi connectivity index (χ1) is 12.1. The van der Waals surface area contributed by atoms with Crippen LogP contribution in [0, 0.1) is 11.6 Å². The molecular formula is C17H17F2N3O3. The lowest BCUT2D eigenvalue weighted by molar-refractivity contribution is 0.0515. The van der Waals surface area contributed by atoms with Crippen molar-refractivity contribution >= 4 is 5.91 Å².